The van der Waals surface area contributed by atoms with E-state index in [1.807, 2.05) is 37.3 Å². The molecule has 6 nitrogen and oxygen atoms in total. The van der Waals surface area contributed by atoms with Gasteiger partial charge in [-0.05, 0) is 13.0 Å². The maximum absolute atomic E-state index is 10.9. The van der Waals surface area contributed by atoms with Gasteiger partial charge in [-0.25, -0.2) is 4.98 Å². The van der Waals surface area contributed by atoms with Crippen molar-refractivity contribution < 1.29 is 4.92 Å². The van der Waals surface area contributed by atoms with E-state index in [1.165, 1.54) is 29.7 Å². The van der Waals surface area contributed by atoms with Crippen LogP contribution in [0.25, 0.3) is 11.3 Å². The first-order valence-electron chi connectivity index (χ1n) is 7.30. The van der Waals surface area contributed by atoms with Gasteiger partial charge in [0.05, 0.1) is 16.8 Å². The van der Waals surface area contributed by atoms with Gasteiger partial charge in [-0.2, -0.15) is 5.10 Å². The van der Waals surface area contributed by atoms with Crippen molar-refractivity contribution in [2.24, 2.45) is 5.10 Å². The first-order valence-corrected chi connectivity index (χ1v) is 8.50. The van der Waals surface area contributed by atoms with Crippen molar-refractivity contribution in [1.82, 2.24) is 4.98 Å². The van der Waals surface area contributed by atoms with Gasteiger partial charge in [0.1, 0.15) is 5.02 Å². The van der Waals surface area contributed by atoms with E-state index in [0.29, 0.717) is 10.7 Å². The van der Waals surface area contributed by atoms with Gasteiger partial charge >= 0.3 is 0 Å². The van der Waals surface area contributed by atoms with E-state index >= 15 is 0 Å². The molecule has 0 amide bonds. The van der Waals surface area contributed by atoms with E-state index in [1.54, 1.807) is 6.07 Å². The van der Waals surface area contributed by atoms with Crippen LogP contribution < -0.4 is 5.43 Å². The van der Waals surface area contributed by atoms with Crippen molar-refractivity contribution in [2.45, 2.75) is 6.92 Å². The topological polar surface area (TPSA) is 80.4 Å². The summed E-state index contributed by atoms with van der Waals surface area (Å²) in [6.07, 6.45) is 1.49. The van der Waals surface area contributed by atoms with Crippen molar-refractivity contribution >= 4 is 40.0 Å². The highest BCUT2D eigenvalue weighted by atomic mass is 35.5. The Morgan fingerprint density at radius 2 is 2.04 bits per heavy atom. The largest absolute Gasteiger partial charge is 0.288 e. The lowest BCUT2D eigenvalue weighted by Gasteiger charge is -1.98. The fourth-order valence-corrected chi connectivity index (χ4v) is 3.19. The van der Waals surface area contributed by atoms with Crippen molar-refractivity contribution in [1.29, 1.82) is 0 Å². The number of nitrogens with zero attached hydrogens (tertiary/aromatic N) is 3. The number of nitro benzene ring substituents is 1. The Balaban J connectivity index is 1.75. The molecule has 3 rings (SSSR count). The Bertz CT molecular complexity index is 941. The molecule has 1 heterocycles. The van der Waals surface area contributed by atoms with Crippen LogP contribution in [0, 0.1) is 17.0 Å². The molecule has 0 atom stereocenters. The van der Waals surface area contributed by atoms with Crippen LogP contribution in [0.2, 0.25) is 5.02 Å². The summed E-state index contributed by atoms with van der Waals surface area (Å²) in [5.41, 5.74) is 5.23. The summed E-state index contributed by atoms with van der Waals surface area (Å²) in [6, 6.07) is 14.4. The molecule has 0 saturated heterocycles. The fourth-order valence-electron chi connectivity index (χ4n) is 2.22. The SMILES string of the molecule is Cc1sc(N/N=C\c2ccc(Cl)c([N+](=O)[O-])c2)nc1-c1ccccc1. The van der Waals surface area contributed by atoms with E-state index in [2.05, 4.69) is 15.5 Å². The molecular formula is C17H13ClN4O2S. The summed E-state index contributed by atoms with van der Waals surface area (Å²) >= 11 is 7.28. The summed E-state index contributed by atoms with van der Waals surface area (Å²) in [5.74, 6) is 0. The zero-order valence-corrected chi connectivity index (χ0v) is 14.7. The summed E-state index contributed by atoms with van der Waals surface area (Å²) in [4.78, 5) is 16.0. The predicted octanol–water partition coefficient (Wildman–Crippen LogP) is 5.13. The number of benzene rings is 2. The van der Waals surface area contributed by atoms with Crippen molar-refractivity contribution in [3.63, 3.8) is 0 Å². The molecule has 0 fully saturated rings. The number of aromatic nitrogens is 1. The van der Waals surface area contributed by atoms with Crippen LogP contribution in [0.4, 0.5) is 10.8 Å². The van der Waals surface area contributed by atoms with Gasteiger partial charge < -0.3 is 0 Å². The van der Waals surface area contributed by atoms with Crippen LogP contribution in [0.1, 0.15) is 10.4 Å². The van der Waals surface area contributed by atoms with Gasteiger partial charge in [0, 0.05) is 22.1 Å². The molecule has 126 valence electrons. The summed E-state index contributed by atoms with van der Waals surface area (Å²) < 4.78 is 0. The van der Waals surface area contributed by atoms with Crippen molar-refractivity contribution in [2.75, 3.05) is 5.43 Å². The molecule has 0 radical (unpaired) electrons. The van der Waals surface area contributed by atoms with Gasteiger partial charge in [-0.15, -0.1) is 11.3 Å². The predicted molar refractivity (Wildman–Crippen MR) is 102 cm³/mol. The Morgan fingerprint density at radius 3 is 2.76 bits per heavy atom. The standard InChI is InChI=1S/C17H13ClN4O2S/c1-11-16(13-5-3-2-4-6-13)20-17(25-11)21-19-10-12-7-8-14(18)15(9-12)22(23)24/h2-10H,1H3,(H,20,21)/b19-10-. The van der Waals surface area contributed by atoms with Crippen molar-refractivity contribution in [3.05, 3.63) is 74.1 Å². The van der Waals surface area contributed by atoms with Crippen LogP contribution in [0.5, 0.6) is 0 Å². The molecule has 25 heavy (non-hydrogen) atoms. The van der Waals surface area contributed by atoms with E-state index in [-0.39, 0.29) is 10.7 Å². The smallest absolute Gasteiger partial charge is 0.258 e. The highest BCUT2D eigenvalue weighted by Crippen LogP contribution is 2.30. The fraction of sp³-hybridized carbons (Fsp3) is 0.0588. The third kappa shape index (κ3) is 4.01. The Morgan fingerprint density at radius 1 is 1.28 bits per heavy atom. The number of hydrazone groups is 1. The van der Waals surface area contributed by atoms with E-state index in [9.17, 15) is 10.1 Å². The monoisotopic (exact) mass is 372 g/mol. The zero-order valence-electron chi connectivity index (χ0n) is 13.1. The summed E-state index contributed by atoms with van der Waals surface area (Å²) in [7, 11) is 0. The third-order valence-electron chi connectivity index (χ3n) is 3.38. The average molecular weight is 373 g/mol. The first kappa shape index (κ1) is 17.1. The molecule has 0 aliphatic carbocycles. The molecule has 2 aromatic carbocycles. The second kappa shape index (κ2) is 7.42. The Kier molecular flexibility index (Phi) is 5.06. The lowest BCUT2D eigenvalue weighted by atomic mass is 10.1. The first-order chi connectivity index (χ1) is 12.0. The second-order valence-electron chi connectivity index (χ2n) is 5.13. The quantitative estimate of drug-likeness (QED) is 0.382. The minimum Gasteiger partial charge on any atom is -0.258 e. The molecule has 0 saturated carbocycles. The lowest BCUT2D eigenvalue weighted by Crippen LogP contribution is -1.93. The number of hydrogen-bond acceptors (Lipinski definition) is 6. The molecule has 1 aromatic heterocycles. The van der Waals surface area contributed by atoms with Gasteiger partial charge in [0.2, 0.25) is 5.13 Å². The normalized spacial score (nSPS) is 11.0. The number of nitro groups is 1. The number of anilines is 1. The van der Waals surface area contributed by atoms with Crippen molar-refractivity contribution in [3.8, 4) is 11.3 Å². The summed E-state index contributed by atoms with van der Waals surface area (Å²) in [5, 5.41) is 15.7. The van der Waals surface area contributed by atoms with Crippen LogP contribution in [-0.4, -0.2) is 16.1 Å². The molecule has 3 aromatic rings. The molecule has 1 N–H and O–H groups in total. The third-order valence-corrected chi connectivity index (χ3v) is 4.58. The highest BCUT2D eigenvalue weighted by molar-refractivity contribution is 7.15. The number of nitrogens with one attached hydrogen (secondary N) is 1. The van der Waals surface area contributed by atoms with Gasteiger partial charge in [-0.3, -0.25) is 15.5 Å². The molecular weight excluding hydrogens is 360 g/mol. The molecule has 0 aliphatic rings. The number of halogens is 1. The number of rotatable bonds is 5. The second-order valence-corrected chi connectivity index (χ2v) is 6.74. The Hall–Kier alpha value is -2.77. The van der Waals surface area contributed by atoms with E-state index in [4.69, 9.17) is 11.6 Å². The lowest BCUT2D eigenvalue weighted by molar-refractivity contribution is -0.384. The summed E-state index contributed by atoms with van der Waals surface area (Å²) in [6.45, 7) is 2.00. The number of aryl methyl sites for hydroxylation is 1. The van der Waals surface area contributed by atoms with Crippen LogP contribution >= 0.6 is 22.9 Å². The van der Waals surface area contributed by atoms with Crippen LogP contribution in [-0.2, 0) is 0 Å². The van der Waals surface area contributed by atoms with Crippen LogP contribution in [0.15, 0.2) is 53.6 Å². The van der Waals surface area contributed by atoms with E-state index < -0.39 is 4.92 Å². The number of thiazole rings is 1. The van der Waals surface area contributed by atoms with Gasteiger partial charge in [-0.1, -0.05) is 48.0 Å². The van der Waals surface area contributed by atoms with Gasteiger partial charge in [0.15, 0.2) is 0 Å². The zero-order chi connectivity index (χ0) is 17.8. The maximum atomic E-state index is 10.9. The molecule has 0 unspecified atom stereocenters. The highest BCUT2D eigenvalue weighted by Gasteiger charge is 2.12. The minimum atomic E-state index is -0.524. The molecule has 0 spiro atoms. The average Bonchev–Trinajstić information content (AvgIpc) is 2.97. The number of hydrogen-bond donors (Lipinski definition) is 1. The van der Waals surface area contributed by atoms with Crippen LogP contribution in [0.3, 0.4) is 0 Å². The Labute approximate surface area is 153 Å². The van der Waals surface area contributed by atoms with E-state index in [0.717, 1.165) is 16.1 Å². The van der Waals surface area contributed by atoms with Gasteiger partial charge in [0.25, 0.3) is 5.69 Å². The molecule has 0 aliphatic heterocycles. The molecule has 8 heteroatoms. The minimum absolute atomic E-state index is 0.0955. The molecule has 0 bridgehead atoms. The maximum Gasteiger partial charge on any atom is 0.288 e.